The largest absolute Gasteiger partial charge is 0.485 e. The van der Waals surface area contributed by atoms with Crippen molar-refractivity contribution in [1.82, 2.24) is 5.32 Å². The van der Waals surface area contributed by atoms with Gasteiger partial charge in [-0.3, -0.25) is 0 Å². The van der Waals surface area contributed by atoms with Crippen molar-refractivity contribution in [2.24, 2.45) is 0 Å². The third-order valence-electron chi connectivity index (χ3n) is 5.23. The number of hydrogen-bond acceptors (Lipinski definition) is 5. The zero-order valence-electron chi connectivity index (χ0n) is 15.6. The Morgan fingerprint density at radius 3 is 2.65 bits per heavy atom. The summed E-state index contributed by atoms with van der Waals surface area (Å²) >= 11 is 1.65. The predicted octanol–water partition coefficient (Wildman–Crippen LogP) is 4.69. The molecule has 5 N–H and O–H groups in total. The Bertz CT molecular complexity index is 746. The fourth-order valence-electron chi connectivity index (χ4n) is 3.38. The molecular formula is C21H29N3OS. The van der Waals surface area contributed by atoms with Crippen molar-refractivity contribution in [2.75, 3.05) is 18.0 Å². The molecule has 0 aromatic heterocycles. The highest BCUT2D eigenvalue weighted by Gasteiger charge is 2.36. The molecule has 140 valence electrons. The van der Waals surface area contributed by atoms with Crippen LogP contribution in [0.3, 0.4) is 0 Å². The van der Waals surface area contributed by atoms with Gasteiger partial charge in [0.05, 0.1) is 16.3 Å². The Morgan fingerprint density at radius 2 is 1.96 bits per heavy atom. The predicted molar refractivity (Wildman–Crippen MR) is 111 cm³/mol. The van der Waals surface area contributed by atoms with Crippen LogP contribution < -0.4 is 21.5 Å². The molecule has 0 bridgehead atoms. The second-order valence-electron chi connectivity index (χ2n) is 7.11. The Hall–Kier alpha value is -1.85. The van der Waals surface area contributed by atoms with Crippen molar-refractivity contribution < 1.29 is 4.74 Å². The monoisotopic (exact) mass is 371 g/mol. The van der Waals surface area contributed by atoms with E-state index in [2.05, 4.69) is 31.3 Å². The second-order valence-corrected chi connectivity index (χ2v) is 8.23. The minimum absolute atomic E-state index is 0.225. The highest BCUT2D eigenvalue weighted by Crippen LogP contribution is 2.39. The first-order valence-corrected chi connectivity index (χ1v) is 10.2. The van der Waals surface area contributed by atoms with Crippen LogP contribution in [-0.2, 0) is 0 Å². The second kappa shape index (κ2) is 8.23. The molecule has 1 fully saturated rings. The molecule has 2 aromatic rings. The lowest BCUT2D eigenvalue weighted by molar-refractivity contribution is 0.0292. The standard InChI is InChI=1S/C21H29N3OS/c1-3-21(2,20-10-6-7-13-24-20)25-18-8-4-5-9-19(18)26-15-11-12-16(22)17(23)14-15/h4-5,8-9,11-12,14,20,24H,3,6-7,10,13,22-23H2,1-2H3. The number of ether oxygens (including phenoxy) is 1. The summed E-state index contributed by atoms with van der Waals surface area (Å²) in [7, 11) is 0. The van der Waals surface area contributed by atoms with E-state index in [0.717, 1.165) is 34.9 Å². The Balaban J connectivity index is 1.82. The van der Waals surface area contributed by atoms with Crippen molar-refractivity contribution >= 4 is 23.1 Å². The van der Waals surface area contributed by atoms with Crippen molar-refractivity contribution in [3.05, 3.63) is 42.5 Å². The molecule has 0 aliphatic carbocycles. The third-order valence-corrected chi connectivity index (χ3v) is 6.27. The molecule has 0 spiro atoms. The Morgan fingerprint density at radius 1 is 1.15 bits per heavy atom. The fourth-order valence-corrected chi connectivity index (χ4v) is 4.31. The lowest BCUT2D eigenvalue weighted by Gasteiger charge is -2.40. The van der Waals surface area contributed by atoms with Crippen LogP contribution in [0, 0.1) is 0 Å². The summed E-state index contributed by atoms with van der Waals surface area (Å²) < 4.78 is 6.61. The van der Waals surface area contributed by atoms with Gasteiger partial charge in [-0.15, -0.1) is 0 Å². The van der Waals surface area contributed by atoms with E-state index in [1.165, 1.54) is 12.8 Å². The maximum atomic E-state index is 6.61. The molecule has 26 heavy (non-hydrogen) atoms. The SMILES string of the molecule is CCC(C)(Oc1ccccc1Sc1ccc(N)c(N)c1)C1CCCCN1. The zero-order chi connectivity index (χ0) is 18.6. The molecule has 2 aromatic carbocycles. The zero-order valence-corrected chi connectivity index (χ0v) is 16.4. The van der Waals surface area contributed by atoms with Gasteiger partial charge in [-0.2, -0.15) is 0 Å². The summed E-state index contributed by atoms with van der Waals surface area (Å²) in [5.41, 5.74) is 12.8. The molecule has 2 atom stereocenters. The fraction of sp³-hybridized carbons (Fsp3) is 0.429. The van der Waals surface area contributed by atoms with Crippen LogP contribution >= 0.6 is 11.8 Å². The summed E-state index contributed by atoms with van der Waals surface area (Å²) in [5, 5.41) is 3.65. The lowest BCUT2D eigenvalue weighted by atomic mass is 9.87. The summed E-state index contributed by atoms with van der Waals surface area (Å²) in [6.07, 6.45) is 4.63. The van der Waals surface area contributed by atoms with Crippen LogP contribution in [0.25, 0.3) is 0 Å². The number of piperidine rings is 1. The van der Waals surface area contributed by atoms with E-state index >= 15 is 0 Å². The highest BCUT2D eigenvalue weighted by atomic mass is 32.2. The number of nitrogens with two attached hydrogens (primary N) is 2. The summed E-state index contributed by atoms with van der Waals surface area (Å²) in [6, 6.07) is 14.4. The first-order valence-electron chi connectivity index (χ1n) is 9.36. The number of nitrogen functional groups attached to an aromatic ring is 2. The number of benzene rings is 2. The lowest BCUT2D eigenvalue weighted by Crippen LogP contribution is -2.54. The number of rotatable bonds is 6. The normalized spacial score (nSPS) is 19.7. The molecule has 1 aliphatic rings. The van der Waals surface area contributed by atoms with Gasteiger partial charge in [0.1, 0.15) is 11.4 Å². The number of anilines is 2. The van der Waals surface area contributed by atoms with Gasteiger partial charge in [0, 0.05) is 10.9 Å². The maximum absolute atomic E-state index is 6.61. The maximum Gasteiger partial charge on any atom is 0.134 e. The van der Waals surface area contributed by atoms with Crippen LogP contribution in [0.5, 0.6) is 5.75 Å². The van der Waals surface area contributed by atoms with Gasteiger partial charge in [-0.05, 0) is 63.1 Å². The number of nitrogens with one attached hydrogen (secondary N) is 1. The van der Waals surface area contributed by atoms with Gasteiger partial charge >= 0.3 is 0 Å². The molecule has 1 heterocycles. The van der Waals surface area contributed by atoms with Crippen molar-refractivity contribution in [3.63, 3.8) is 0 Å². The average Bonchev–Trinajstić information content (AvgIpc) is 2.67. The first-order chi connectivity index (χ1) is 12.5. The molecular weight excluding hydrogens is 342 g/mol. The van der Waals surface area contributed by atoms with Gasteiger partial charge in [0.15, 0.2) is 0 Å². The minimum atomic E-state index is -0.225. The molecule has 0 radical (unpaired) electrons. The summed E-state index contributed by atoms with van der Waals surface area (Å²) in [4.78, 5) is 2.15. The van der Waals surface area contributed by atoms with Crippen LogP contribution in [0.1, 0.15) is 39.5 Å². The third kappa shape index (κ3) is 4.27. The van der Waals surface area contributed by atoms with Crippen LogP contribution in [-0.4, -0.2) is 18.2 Å². The van der Waals surface area contributed by atoms with E-state index in [-0.39, 0.29) is 5.60 Å². The van der Waals surface area contributed by atoms with E-state index in [4.69, 9.17) is 16.2 Å². The van der Waals surface area contributed by atoms with E-state index in [1.54, 1.807) is 11.8 Å². The molecule has 1 aliphatic heterocycles. The molecule has 2 unspecified atom stereocenters. The van der Waals surface area contributed by atoms with Crippen molar-refractivity contribution in [2.45, 2.75) is 61.0 Å². The van der Waals surface area contributed by atoms with Crippen LogP contribution in [0.2, 0.25) is 0 Å². The van der Waals surface area contributed by atoms with Gasteiger partial charge in [0.25, 0.3) is 0 Å². The minimum Gasteiger partial charge on any atom is -0.485 e. The topological polar surface area (TPSA) is 73.3 Å². The Kier molecular flexibility index (Phi) is 5.99. The van der Waals surface area contributed by atoms with Gasteiger partial charge in [-0.25, -0.2) is 0 Å². The molecule has 3 rings (SSSR count). The quantitative estimate of drug-likeness (QED) is 0.642. The average molecular weight is 372 g/mol. The molecule has 5 heteroatoms. The van der Waals surface area contributed by atoms with Gasteiger partial charge in [-0.1, -0.05) is 37.2 Å². The van der Waals surface area contributed by atoms with E-state index in [0.29, 0.717) is 17.4 Å². The van der Waals surface area contributed by atoms with Crippen LogP contribution in [0.15, 0.2) is 52.3 Å². The smallest absolute Gasteiger partial charge is 0.134 e. The number of para-hydroxylation sites is 1. The highest BCUT2D eigenvalue weighted by molar-refractivity contribution is 7.99. The van der Waals surface area contributed by atoms with Crippen molar-refractivity contribution in [3.8, 4) is 5.75 Å². The van der Waals surface area contributed by atoms with E-state index < -0.39 is 0 Å². The van der Waals surface area contributed by atoms with E-state index in [1.807, 2.05) is 30.3 Å². The first kappa shape index (κ1) is 18.9. The van der Waals surface area contributed by atoms with E-state index in [9.17, 15) is 0 Å². The van der Waals surface area contributed by atoms with Crippen molar-refractivity contribution in [1.29, 1.82) is 0 Å². The molecule has 0 saturated carbocycles. The summed E-state index contributed by atoms with van der Waals surface area (Å²) in [5.74, 6) is 0.921. The van der Waals surface area contributed by atoms with Crippen LogP contribution in [0.4, 0.5) is 11.4 Å². The molecule has 0 amide bonds. The van der Waals surface area contributed by atoms with Gasteiger partial charge < -0.3 is 21.5 Å². The number of hydrogen-bond donors (Lipinski definition) is 3. The summed E-state index contributed by atoms with van der Waals surface area (Å²) in [6.45, 7) is 5.50. The molecule has 4 nitrogen and oxygen atoms in total. The molecule has 1 saturated heterocycles. The Labute approximate surface area is 160 Å². The van der Waals surface area contributed by atoms with Gasteiger partial charge in [0.2, 0.25) is 0 Å².